The molecule has 1 aromatic heterocycles. The van der Waals surface area contributed by atoms with E-state index in [-0.39, 0.29) is 30.3 Å². The zero-order valence-electron chi connectivity index (χ0n) is 17.8. The van der Waals surface area contributed by atoms with Crippen LogP contribution in [0.1, 0.15) is 24.0 Å². The van der Waals surface area contributed by atoms with E-state index in [1.165, 1.54) is 9.21 Å². The Kier molecular flexibility index (Phi) is 5.29. The Bertz CT molecular complexity index is 1370. The third-order valence-electron chi connectivity index (χ3n) is 6.15. The average Bonchev–Trinajstić information content (AvgIpc) is 2.79. The number of pyridine rings is 1. The van der Waals surface area contributed by atoms with Crippen LogP contribution in [0.4, 0.5) is 19.3 Å². The maximum Gasteiger partial charge on any atom is 0.414 e. The SMILES string of the molecule is Cc1cnc2c(S(=O)(=O)N3CCC(N4C(=O)OCc5cc(F)c(F)cc54)CC3)cccc2c1. The fraction of sp³-hybridized carbons (Fsp3) is 0.304. The van der Waals surface area contributed by atoms with Gasteiger partial charge in [-0.15, -0.1) is 0 Å². The lowest BCUT2D eigenvalue weighted by molar-refractivity contribution is 0.135. The van der Waals surface area contributed by atoms with Gasteiger partial charge in [0.15, 0.2) is 11.6 Å². The molecule has 0 atom stereocenters. The predicted octanol–water partition coefficient (Wildman–Crippen LogP) is 4.13. The molecular formula is C23H21F2N3O4S. The Morgan fingerprint density at radius 3 is 2.58 bits per heavy atom. The van der Waals surface area contributed by atoms with Crippen molar-refractivity contribution < 1.29 is 26.7 Å². The Balaban J connectivity index is 1.40. The lowest BCUT2D eigenvalue weighted by Gasteiger charge is -2.39. The van der Waals surface area contributed by atoms with Gasteiger partial charge in [0, 0.05) is 42.3 Å². The molecule has 0 radical (unpaired) electrons. The van der Waals surface area contributed by atoms with Gasteiger partial charge in [-0.25, -0.2) is 22.0 Å². The summed E-state index contributed by atoms with van der Waals surface area (Å²) in [5, 5.41) is 0.743. The minimum absolute atomic E-state index is 0.136. The Hall–Kier alpha value is -3.11. The second-order valence-corrected chi connectivity index (χ2v) is 10.2. The number of carbonyl (C=O) groups excluding carboxylic acids is 1. The number of para-hydroxylation sites is 1. The van der Waals surface area contributed by atoms with Crippen LogP contribution in [0.3, 0.4) is 0 Å². The van der Waals surface area contributed by atoms with E-state index in [0.717, 1.165) is 23.1 Å². The smallest absolute Gasteiger partial charge is 0.414 e. The van der Waals surface area contributed by atoms with Crippen LogP contribution in [-0.2, 0) is 21.4 Å². The summed E-state index contributed by atoms with van der Waals surface area (Å²) in [4.78, 5) is 18.3. The van der Waals surface area contributed by atoms with Crippen molar-refractivity contribution >= 4 is 32.7 Å². The van der Waals surface area contributed by atoms with Crippen molar-refractivity contribution in [1.82, 2.24) is 9.29 Å². The van der Waals surface area contributed by atoms with Crippen LogP contribution in [0.25, 0.3) is 10.9 Å². The molecule has 172 valence electrons. The highest BCUT2D eigenvalue weighted by molar-refractivity contribution is 7.89. The normalized spacial score (nSPS) is 17.8. The number of amides is 1. The molecular weight excluding hydrogens is 452 g/mol. The molecule has 1 amide bonds. The first kappa shape index (κ1) is 21.7. The third kappa shape index (κ3) is 3.72. The van der Waals surface area contributed by atoms with Gasteiger partial charge in [-0.05, 0) is 43.5 Å². The molecule has 1 saturated heterocycles. The molecule has 10 heteroatoms. The first-order valence-corrected chi connectivity index (χ1v) is 12.0. The molecule has 7 nitrogen and oxygen atoms in total. The van der Waals surface area contributed by atoms with Gasteiger partial charge in [0.2, 0.25) is 10.0 Å². The van der Waals surface area contributed by atoms with Gasteiger partial charge in [-0.1, -0.05) is 12.1 Å². The van der Waals surface area contributed by atoms with Crippen molar-refractivity contribution in [3.05, 3.63) is 65.4 Å². The van der Waals surface area contributed by atoms with Crippen molar-refractivity contribution in [1.29, 1.82) is 0 Å². The third-order valence-corrected chi connectivity index (χ3v) is 8.08. The fourth-order valence-electron chi connectivity index (χ4n) is 4.50. The number of ether oxygens (including phenoxy) is 1. The lowest BCUT2D eigenvalue weighted by atomic mass is 10.0. The monoisotopic (exact) mass is 473 g/mol. The summed E-state index contributed by atoms with van der Waals surface area (Å²) in [5.41, 5.74) is 1.99. The molecule has 3 aromatic rings. The van der Waals surface area contributed by atoms with Gasteiger partial charge in [0.1, 0.15) is 11.5 Å². The van der Waals surface area contributed by atoms with Crippen molar-refractivity contribution in [3.8, 4) is 0 Å². The fourth-order valence-corrected chi connectivity index (χ4v) is 6.14. The number of aromatic nitrogens is 1. The maximum atomic E-state index is 13.9. The number of halogens is 2. The molecule has 0 N–H and O–H groups in total. The summed E-state index contributed by atoms with van der Waals surface area (Å²) in [7, 11) is -3.82. The minimum atomic E-state index is -3.82. The van der Waals surface area contributed by atoms with Crippen LogP contribution < -0.4 is 4.90 Å². The Morgan fingerprint density at radius 2 is 1.82 bits per heavy atom. The number of aryl methyl sites for hydroxylation is 1. The Morgan fingerprint density at radius 1 is 1.09 bits per heavy atom. The van der Waals surface area contributed by atoms with Gasteiger partial charge in [-0.3, -0.25) is 9.88 Å². The molecule has 0 spiro atoms. The minimum Gasteiger partial charge on any atom is -0.444 e. The molecule has 2 aromatic carbocycles. The molecule has 33 heavy (non-hydrogen) atoms. The number of benzene rings is 2. The number of rotatable bonds is 3. The zero-order valence-corrected chi connectivity index (χ0v) is 18.6. The summed E-state index contributed by atoms with van der Waals surface area (Å²) in [6.45, 7) is 2.08. The highest BCUT2D eigenvalue weighted by atomic mass is 32.2. The molecule has 1 fully saturated rings. The molecule has 2 aliphatic rings. The van der Waals surface area contributed by atoms with Gasteiger partial charge in [0.05, 0.1) is 11.2 Å². The van der Waals surface area contributed by atoms with Crippen molar-refractivity contribution in [2.75, 3.05) is 18.0 Å². The number of hydrogen-bond donors (Lipinski definition) is 0. The number of fused-ring (bicyclic) bond motifs is 2. The van der Waals surface area contributed by atoms with Gasteiger partial charge in [0.25, 0.3) is 0 Å². The molecule has 3 heterocycles. The van der Waals surface area contributed by atoms with E-state index >= 15 is 0 Å². The molecule has 0 unspecified atom stereocenters. The lowest BCUT2D eigenvalue weighted by Crippen LogP contribution is -2.50. The van der Waals surface area contributed by atoms with Crippen LogP contribution >= 0.6 is 0 Å². The van der Waals surface area contributed by atoms with Crippen molar-refractivity contribution in [2.24, 2.45) is 0 Å². The molecule has 0 saturated carbocycles. The van der Waals surface area contributed by atoms with E-state index in [1.807, 2.05) is 19.1 Å². The van der Waals surface area contributed by atoms with Crippen LogP contribution in [0.15, 0.2) is 47.5 Å². The van der Waals surface area contributed by atoms with E-state index < -0.39 is 33.8 Å². The van der Waals surface area contributed by atoms with Crippen LogP contribution in [0.5, 0.6) is 0 Å². The van der Waals surface area contributed by atoms with Gasteiger partial charge < -0.3 is 4.74 Å². The number of nitrogens with zero attached hydrogens (tertiary/aromatic N) is 3. The number of piperidine rings is 1. The van der Waals surface area contributed by atoms with Crippen LogP contribution in [0, 0.1) is 18.6 Å². The van der Waals surface area contributed by atoms with E-state index in [0.29, 0.717) is 23.9 Å². The first-order chi connectivity index (χ1) is 15.8. The van der Waals surface area contributed by atoms with Crippen LogP contribution in [0.2, 0.25) is 0 Å². The number of carbonyl (C=O) groups is 1. The first-order valence-electron chi connectivity index (χ1n) is 10.5. The summed E-state index contributed by atoms with van der Waals surface area (Å²) >= 11 is 0. The predicted molar refractivity (Wildman–Crippen MR) is 117 cm³/mol. The molecule has 0 aliphatic carbocycles. The topological polar surface area (TPSA) is 79.8 Å². The van der Waals surface area contributed by atoms with Crippen molar-refractivity contribution in [2.45, 2.75) is 37.3 Å². The number of cyclic esters (lactones) is 1. The van der Waals surface area contributed by atoms with Gasteiger partial charge >= 0.3 is 6.09 Å². The number of anilines is 1. The highest BCUT2D eigenvalue weighted by Gasteiger charge is 2.38. The molecule has 2 aliphatic heterocycles. The second kappa shape index (κ2) is 8.03. The number of hydrogen-bond acceptors (Lipinski definition) is 5. The highest BCUT2D eigenvalue weighted by Crippen LogP contribution is 2.35. The quantitative estimate of drug-likeness (QED) is 0.572. The van der Waals surface area contributed by atoms with E-state index in [1.54, 1.807) is 18.3 Å². The maximum absolute atomic E-state index is 13.9. The number of sulfonamides is 1. The van der Waals surface area contributed by atoms with Gasteiger partial charge in [-0.2, -0.15) is 4.31 Å². The summed E-state index contributed by atoms with van der Waals surface area (Å²) in [6.07, 6.45) is 1.63. The second-order valence-electron chi connectivity index (χ2n) is 8.30. The Labute approximate surface area is 189 Å². The van der Waals surface area contributed by atoms with E-state index in [9.17, 15) is 22.0 Å². The van der Waals surface area contributed by atoms with Crippen molar-refractivity contribution in [3.63, 3.8) is 0 Å². The molecule has 0 bridgehead atoms. The average molecular weight is 474 g/mol. The van der Waals surface area contributed by atoms with E-state index in [4.69, 9.17) is 4.74 Å². The zero-order chi connectivity index (χ0) is 23.3. The standard InChI is InChI=1S/C23H21F2N3O4S/c1-14-9-15-3-2-4-21(22(15)26-12-14)33(30,31)27-7-5-17(6-8-27)28-20-11-19(25)18(24)10-16(20)13-32-23(28)29/h2-4,9-12,17H,5-8,13H2,1H3. The van der Waals surface area contributed by atoms with E-state index in [2.05, 4.69) is 4.98 Å². The molecule has 5 rings (SSSR count). The summed E-state index contributed by atoms with van der Waals surface area (Å²) in [5.74, 6) is -2.06. The summed E-state index contributed by atoms with van der Waals surface area (Å²) < 4.78 is 60.9. The van der Waals surface area contributed by atoms with Crippen LogP contribution in [-0.4, -0.2) is 42.9 Å². The largest absolute Gasteiger partial charge is 0.444 e. The summed E-state index contributed by atoms with van der Waals surface area (Å²) in [6, 6.07) is 8.56.